The molecule has 0 aliphatic carbocycles. The van der Waals surface area contributed by atoms with E-state index in [1.54, 1.807) is 14.2 Å². The number of ether oxygens (including phenoxy) is 2. The van der Waals surface area contributed by atoms with E-state index in [4.69, 9.17) is 9.47 Å². The molecule has 2 heterocycles. The molecule has 0 spiro atoms. The average molecular weight is 398 g/mol. The first-order valence-electron chi connectivity index (χ1n) is 9.66. The average Bonchev–Trinajstić information content (AvgIpc) is 3.11. The Morgan fingerprint density at radius 2 is 1.76 bits per heavy atom. The molecule has 1 aromatic heterocycles. The van der Waals surface area contributed by atoms with Crippen LogP contribution in [0.5, 0.6) is 11.5 Å². The van der Waals surface area contributed by atoms with Gasteiger partial charge in [-0.3, -0.25) is 4.90 Å². The maximum atomic E-state index is 14.8. The lowest BCUT2D eigenvalue weighted by atomic mass is 9.99. The second-order valence-electron chi connectivity index (χ2n) is 7.17. The lowest BCUT2D eigenvalue weighted by molar-refractivity contribution is 0.209. The van der Waals surface area contributed by atoms with E-state index in [0.717, 1.165) is 30.0 Å². The van der Waals surface area contributed by atoms with Crippen molar-refractivity contribution in [1.82, 2.24) is 9.47 Å². The van der Waals surface area contributed by atoms with Gasteiger partial charge in [0.15, 0.2) is 0 Å². The van der Waals surface area contributed by atoms with Crippen LogP contribution in [0.2, 0.25) is 0 Å². The Labute approximate surface area is 169 Å². The van der Waals surface area contributed by atoms with Gasteiger partial charge in [-0.2, -0.15) is 0 Å². The quantitative estimate of drug-likeness (QED) is 0.619. The summed E-state index contributed by atoms with van der Waals surface area (Å²) in [6, 6.07) is 13.0. The van der Waals surface area contributed by atoms with Crippen molar-refractivity contribution in [3.63, 3.8) is 0 Å². The van der Waals surface area contributed by atoms with Crippen LogP contribution in [-0.4, -0.2) is 30.2 Å². The fourth-order valence-electron chi connectivity index (χ4n) is 4.14. The SMILES string of the molecule is COc1ccc(OC)c(CN2CCCn3cccc3C2c2c(F)cccc2F)c1. The lowest BCUT2D eigenvalue weighted by Crippen LogP contribution is -2.31. The van der Waals surface area contributed by atoms with Crippen molar-refractivity contribution in [1.29, 1.82) is 0 Å². The highest BCUT2D eigenvalue weighted by atomic mass is 19.1. The van der Waals surface area contributed by atoms with Crippen molar-refractivity contribution in [2.75, 3.05) is 20.8 Å². The highest BCUT2D eigenvalue weighted by Gasteiger charge is 2.32. The monoisotopic (exact) mass is 398 g/mol. The van der Waals surface area contributed by atoms with Crippen LogP contribution in [0.1, 0.15) is 29.3 Å². The van der Waals surface area contributed by atoms with E-state index < -0.39 is 17.7 Å². The molecule has 152 valence electrons. The number of aromatic nitrogens is 1. The van der Waals surface area contributed by atoms with Gasteiger partial charge in [-0.25, -0.2) is 8.78 Å². The number of hydrogen-bond donors (Lipinski definition) is 0. The van der Waals surface area contributed by atoms with E-state index in [2.05, 4.69) is 9.47 Å². The number of methoxy groups -OCH3 is 2. The number of halogens is 2. The van der Waals surface area contributed by atoms with E-state index in [1.165, 1.54) is 18.2 Å². The summed E-state index contributed by atoms with van der Waals surface area (Å²) in [5, 5.41) is 0. The number of aryl methyl sites for hydroxylation is 1. The molecule has 6 heteroatoms. The minimum absolute atomic E-state index is 0.0798. The van der Waals surface area contributed by atoms with Gasteiger partial charge in [0.2, 0.25) is 0 Å². The predicted octanol–water partition coefficient (Wildman–Crippen LogP) is 4.78. The van der Waals surface area contributed by atoms with Crippen molar-refractivity contribution in [2.45, 2.75) is 25.6 Å². The van der Waals surface area contributed by atoms with Gasteiger partial charge in [0.25, 0.3) is 0 Å². The highest BCUT2D eigenvalue weighted by Crippen LogP contribution is 2.37. The maximum absolute atomic E-state index is 14.8. The van der Waals surface area contributed by atoms with Gasteiger partial charge in [0, 0.05) is 42.7 Å². The first-order valence-corrected chi connectivity index (χ1v) is 9.66. The Morgan fingerprint density at radius 1 is 0.966 bits per heavy atom. The number of rotatable bonds is 5. The third kappa shape index (κ3) is 3.72. The molecule has 4 rings (SSSR count). The molecule has 1 atom stereocenters. The predicted molar refractivity (Wildman–Crippen MR) is 107 cm³/mol. The van der Waals surface area contributed by atoms with Gasteiger partial charge >= 0.3 is 0 Å². The second kappa shape index (κ2) is 8.25. The Hall–Kier alpha value is -2.86. The zero-order valence-corrected chi connectivity index (χ0v) is 16.6. The summed E-state index contributed by atoms with van der Waals surface area (Å²) >= 11 is 0. The molecule has 0 saturated carbocycles. The molecule has 2 aromatic carbocycles. The Balaban J connectivity index is 1.81. The van der Waals surface area contributed by atoms with Crippen LogP contribution in [0, 0.1) is 11.6 Å². The summed E-state index contributed by atoms with van der Waals surface area (Å²) in [5.74, 6) is 0.366. The molecule has 29 heavy (non-hydrogen) atoms. The van der Waals surface area contributed by atoms with Gasteiger partial charge in [-0.05, 0) is 48.9 Å². The molecule has 0 fully saturated rings. The summed E-state index contributed by atoms with van der Waals surface area (Å²) in [6.07, 6.45) is 2.84. The van der Waals surface area contributed by atoms with Crippen LogP contribution >= 0.6 is 0 Å². The summed E-state index contributed by atoms with van der Waals surface area (Å²) in [7, 11) is 3.23. The van der Waals surface area contributed by atoms with E-state index in [1.807, 2.05) is 36.5 Å². The third-order valence-corrected chi connectivity index (χ3v) is 5.49. The summed E-state index contributed by atoms with van der Waals surface area (Å²) in [5.41, 5.74) is 1.87. The molecule has 0 amide bonds. The zero-order chi connectivity index (χ0) is 20.4. The zero-order valence-electron chi connectivity index (χ0n) is 16.6. The minimum Gasteiger partial charge on any atom is -0.497 e. The van der Waals surface area contributed by atoms with Crippen molar-refractivity contribution < 1.29 is 18.3 Å². The second-order valence-corrected chi connectivity index (χ2v) is 7.17. The van der Waals surface area contributed by atoms with Crippen molar-refractivity contribution in [3.05, 3.63) is 83.2 Å². The summed E-state index contributed by atoms with van der Waals surface area (Å²) < 4.78 is 42.6. The molecular formula is C23H24F2N2O2. The molecule has 1 unspecified atom stereocenters. The van der Waals surface area contributed by atoms with Gasteiger partial charge < -0.3 is 14.0 Å². The fourth-order valence-corrected chi connectivity index (χ4v) is 4.14. The molecule has 1 aliphatic rings. The van der Waals surface area contributed by atoms with E-state index in [9.17, 15) is 8.78 Å². The maximum Gasteiger partial charge on any atom is 0.131 e. The number of benzene rings is 2. The van der Waals surface area contributed by atoms with E-state index in [-0.39, 0.29) is 5.56 Å². The fraction of sp³-hybridized carbons (Fsp3) is 0.304. The van der Waals surface area contributed by atoms with E-state index in [0.29, 0.717) is 18.8 Å². The summed E-state index contributed by atoms with van der Waals surface area (Å²) in [4.78, 5) is 2.11. The Kier molecular flexibility index (Phi) is 5.53. The van der Waals surface area contributed by atoms with Crippen LogP contribution < -0.4 is 9.47 Å². The van der Waals surface area contributed by atoms with E-state index >= 15 is 0 Å². The molecule has 0 radical (unpaired) electrons. The van der Waals surface area contributed by atoms with Gasteiger partial charge in [0.05, 0.1) is 20.3 Å². The van der Waals surface area contributed by atoms with Crippen molar-refractivity contribution >= 4 is 0 Å². The number of hydrogen-bond acceptors (Lipinski definition) is 3. The van der Waals surface area contributed by atoms with Gasteiger partial charge in [-0.1, -0.05) is 6.07 Å². The first-order chi connectivity index (χ1) is 14.1. The Morgan fingerprint density at radius 3 is 2.48 bits per heavy atom. The molecule has 1 aliphatic heterocycles. The minimum atomic E-state index is -0.537. The Bertz CT molecular complexity index is 982. The highest BCUT2D eigenvalue weighted by molar-refractivity contribution is 5.41. The van der Waals surface area contributed by atoms with Crippen LogP contribution in [0.3, 0.4) is 0 Å². The topological polar surface area (TPSA) is 26.6 Å². The molecular weight excluding hydrogens is 374 g/mol. The van der Waals surface area contributed by atoms with Crippen molar-refractivity contribution in [2.24, 2.45) is 0 Å². The van der Waals surface area contributed by atoms with Crippen LogP contribution in [-0.2, 0) is 13.1 Å². The summed E-state index contributed by atoms with van der Waals surface area (Å²) in [6.45, 7) is 1.98. The first kappa shape index (κ1) is 19.5. The molecule has 4 nitrogen and oxygen atoms in total. The number of nitrogens with zero attached hydrogens (tertiary/aromatic N) is 2. The van der Waals surface area contributed by atoms with Crippen LogP contribution in [0.4, 0.5) is 8.78 Å². The molecule has 0 bridgehead atoms. The van der Waals surface area contributed by atoms with Gasteiger partial charge in [-0.15, -0.1) is 0 Å². The standard InChI is InChI=1S/C23H24F2N2O2/c1-28-17-9-10-21(29-2)16(14-17)15-27-13-5-12-26-11-4-8-20(26)23(27)22-18(24)6-3-7-19(22)25/h3-4,6-11,14,23H,5,12-13,15H2,1-2H3. The number of fused-ring (bicyclic) bond motifs is 1. The van der Waals surface area contributed by atoms with Crippen LogP contribution in [0.25, 0.3) is 0 Å². The largest absolute Gasteiger partial charge is 0.497 e. The van der Waals surface area contributed by atoms with Crippen molar-refractivity contribution in [3.8, 4) is 11.5 Å². The molecule has 0 saturated heterocycles. The van der Waals surface area contributed by atoms with Gasteiger partial charge in [0.1, 0.15) is 23.1 Å². The van der Waals surface area contributed by atoms with Crippen LogP contribution in [0.15, 0.2) is 54.7 Å². The third-order valence-electron chi connectivity index (χ3n) is 5.49. The lowest BCUT2D eigenvalue weighted by Gasteiger charge is -2.31. The molecule has 3 aromatic rings. The smallest absolute Gasteiger partial charge is 0.131 e. The molecule has 0 N–H and O–H groups in total. The normalized spacial score (nSPS) is 16.9.